The standard InChI is InChI=1S/C14H23N3O/c1-14(4-2-3-5-14)10-17-11-16-8-12(17)13-9-15-6-7-18-13/h8,11,13,15H,2-7,9-10H2,1H3. The molecule has 0 aromatic carbocycles. The minimum Gasteiger partial charge on any atom is -0.369 e. The summed E-state index contributed by atoms with van der Waals surface area (Å²) in [4.78, 5) is 4.33. The van der Waals surface area contributed by atoms with Gasteiger partial charge in [-0.25, -0.2) is 4.98 Å². The number of rotatable bonds is 3. The van der Waals surface area contributed by atoms with Crippen molar-refractivity contribution in [1.82, 2.24) is 14.9 Å². The topological polar surface area (TPSA) is 39.1 Å². The largest absolute Gasteiger partial charge is 0.369 e. The molecule has 1 aliphatic carbocycles. The maximum absolute atomic E-state index is 5.84. The number of aromatic nitrogens is 2. The molecule has 1 unspecified atom stereocenters. The smallest absolute Gasteiger partial charge is 0.111 e. The highest BCUT2D eigenvalue weighted by Crippen LogP contribution is 2.39. The van der Waals surface area contributed by atoms with Crippen LogP contribution in [0.1, 0.15) is 44.4 Å². The Morgan fingerprint density at radius 1 is 1.50 bits per heavy atom. The summed E-state index contributed by atoms with van der Waals surface area (Å²) in [5.41, 5.74) is 1.69. The molecule has 1 saturated carbocycles. The molecule has 1 aromatic heterocycles. The third kappa shape index (κ3) is 2.45. The Bertz CT molecular complexity index is 389. The lowest BCUT2D eigenvalue weighted by Crippen LogP contribution is -2.34. The Labute approximate surface area is 109 Å². The molecule has 2 aliphatic rings. The fourth-order valence-electron chi connectivity index (χ4n) is 3.28. The zero-order valence-corrected chi connectivity index (χ0v) is 11.2. The molecule has 0 bridgehead atoms. The second-order valence-electron chi connectivity index (χ2n) is 6.03. The molecule has 0 amide bonds. The van der Waals surface area contributed by atoms with Crippen LogP contribution in [-0.4, -0.2) is 29.2 Å². The van der Waals surface area contributed by atoms with Crippen LogP contribution in [0.3, 0.4) is 0 Å². The van der Waals surface area contributed by atoms with E-state index in [1.807, 2.05) is 12.5 Å². The first-order chi connectivity index (χ1) is 8.77. The van der Waals surface area contributed by atoms with E-state index in [1.165, 1.54) is 31.4 Å². The number of hydrogen-bond acceptors (Lipinski definition) is 3. The Morgan fingerprint density at radius 2 is 2.33 bits per heavy atom. The van der Waals surface area contributed by atoms with E-state index in [1.54, 1.807) is 0 Å². The first-order valence-electron chi connectivity index (χ1n) is 7.09. The quantitative estimate of drug-likeness (QED) is 0.892. The van der Waals surface area contributed by atoms with Crippen molar-refractivity contribution in [2.24, 2.45) is 5.41 Å². The van der Waals surface area contributed by atoms with Crippen molar-refractivity contribution in [3.8, 4) is 0 Å². The lowest BCUT2D eigenvalue weighted by molar-refractivity contribution is 0.0217. The summed E-state index contributed by atoms with van der Waals surface area (Å²) in [6, 6.07) is 0. The Morgan fingerprint density at radius 3 is 3.06 bits per heavy atom. The van der Waals surface area contributed by atoms with Crippen LogP contribution in [0.15, 0.2) is 12.5 Å². The average Bonchev–Trinajstić information content (AvgIpc) is 3.00. The van der Waals surface area contributed by atoms with Crippen LogP contribution >= 0.6 is 0 Å². The molecule has 0 radical (unpaired) electrons. The van der Waals surface area contributed by atoms with E-state index in [-0.39, 0.29) is 6.10 Å². The summed E-state index contributed by atoms with van der Waals surface area (Å²) in [7, 11) is 0. The van der Waals surface area contributed by atoms with Crippen molar-refractivity contribution >= 4 is 0 Å². The van der Waals surface area contributed by atoms with Gasteiger partial charge in [-0.05, 0) is 18.3 Å². The molecule has 4 nitrogen and oxygen atoms in total. The monoisotopic (exact) mass is 249 g/mol. The highest BCUT2D eigenvalue weighted by atomic mass is 16.5. The minimum atomic E-state index is 0.172. The van der Waals surface area contributed by atoms with Crippen LogP contribution in [0, 0.1) is 5.41 Å². The first kappa shape index (κ1) is 12.2. The lowest BCUT2D eigenvalue weighted by atomic mass is 9.88. The fourth-order valence-corrected chi connectivity index (χ4v) is 3.28. The molecule has 4 heteroatoms. The molecule has 1 N–H and O–H groups in total. The van der Waals surface area contributed by atoms with Gasteiger partial charge in [0.25, 0.3) is 0 Å². The van der Waals surface area contributed by atoms with Gasteiger partial charge < -0.3 is 14.6 Å². The van der Waals surface area contributed by atoms with Gasteiger partial charge in [-0.15, -0.1) is 0 Å². The number of nitrogens with one attached hydrogen (secondary N) is 1. The van der Waals surface area contributed by atoms with Gasteiger partial charge in [0.05, 0.1) is 24.8 Å². The van der Waals surface area contributed by atoms with Gasteiger partial charge in [-0.3, -0.25) is 0 Å². The summed E-state index contributed by atoms with van der Waals surface area (Å²) in [5.74, 6) is 0. The number of ether oxygens (including phenoxy) is 1. The second-order valence-corrected chi connectivity index (χ2v) is 6.03. The van der Waals surface area contributed by atoms with E-state index in [4.69, 9.17) is 4.74 Å². The SMILES string of the molecule is CC1(Cn2cncc2C2CNCCO2)CCCC1. The van der Waals surface area contributed by atoms with Crippen LogP contribution in [0.25, 0.3) is 0 Å². The van der Waals surface area contributed by atoms with Crippen LogP contribution in [0.4, 0.5) is 0 Å². The summed E-state index contributed by atoms with van der Waals surface area (Å²) in [6.45, 7) is 6.16. The number of morpholine rings is 1. The van der Waals surface area contributed by atoms with Gasteiger partial charge in [0.2, 0.25) is 0 Å². The van der Waals surface area contributed by atoms with Gasteiger partial charge in [-0.1, -0.05) is 19.8 Å². The van der Waals surface area contributed by atoms with E-state index in [0.29, 0.717) is 5.41 Å². The maximum atomic E-state index is 5.84. The van der Waals surface area contributed by atoms with E-state index >= 15 is 0 Å². The molecular formula is C14H23N3O. The van der Waals surface area contributed by atoms with E-state index in [0.717, 1.165) is 26.2 Å². The Kier molecular flexibility index (Phi) is 3.39. The molecule has 100 valence electrons. The zero-order valence-electron chi connectivity index (χ0n) is 11.2. The van der Waals surface area contributed by atoms with Crippen molar-refractivity contribution < 1.29 is 4.74 Å². The third-order valence-electron chi connectivity index (χ3n) is 4.36. The molecule has 1 aromatic rings. The highest BCUT2D eigenvalue weighted by molar-refractivity contribution is 5.05. The van der Waals surface area contributed by atoms with Crippen molar-refractivity contribution in [1.29, 1.82) is 0 Å². The normalized spacial score (nSPS) is 27.5. The molecule has 0 spiro atoms. The van der Waals surface area contributed by atoms with E-state index in [9.17, 15) is 0 Å². The minimum absolute atomic E-state index is 0.172. The predicted octanol–water partition coefficient (Wildman–Crippen LogP) is 2.12. The molecule has 1 saturated heterocycles. The first-order valence-corrected chi connectivity index (χ1v) is 7.09. The maximum Gasteiger partial charge on any atom is 0.111 e. The Balaban J connectivity index is 1.74. The van der Waals surface area contributed by atoms with Crippen LogP contribution in [0.2, 0.25) is 0 Å². The van der Waals surface area contributed by atoms with Crippen LogP contribution < -0.4 is 5.32 Å². The average molecular weight is 249 g/mol. The Hall–Kier alpha value is -0.870. The number of imidazole rings is 1. The van der Waals surface area contributed by atoms with Crippen molar-refractivity contribution in [2.45, 2.75) is 45.3 Å². The summed E-state index contributed by atoms with van der Waals surface area (Å²) in [6.07, 6.45) is 9.55. The van der Waals surface area contributed by atoms with Gasteiger partial charge in [-0.2, -0.15) is 0 Å². The molecule has 18 heavy (non-hydrogen) atoms. The van der Waals surface area contributed by atoms with Crippen molar-refractivity contribution in [3.05, 3.63) is 18.2 Å². The van der Waals surface area contributed by atoms with Gasteiger partial charge in [0, 0.05) is 19.6 Å². The number of nitrogens with zero attached hydrogens (tertiary/aromatic N) is 2. The lowest BCUT2D eigenvalue weighted by Gasteiger charge is -2.28. The predicted molar refractivity (Wildman–Crippen MR) is 70.4 cm³/mol. The zero-order chi connectivity index (χ0) is 12.4. The summed E-state index contributed by atoms with van der Waals surface area (Å²) >= 11 is 0. The van der Waals surface area contributed by atoms with Crippen LogP contribution in [0.5, 0.6) is 0 Å². The molecule has 1 atom stereocenters. The number of hydrogen-bond donors (Lipinski definition) is 1. The molecular weight excluding hydrogens is 226 g/mol. The van der Waals surface area contributed by atoms with Crippen molar-refractivity contribution in [2.75, 3.05) is 19.7 Å². The van der Waals surface area contributed by atoms with Gasteiger partial charge in [0.1, 0.15) is 6.10 Å². The molecule has 1 aliphatic heterocycles. The second kappa shape index (κ2) is 5.02. The van der Waals surface area contributed by atoms with E-state index < -0.39 is 0 Å². The molecule has 3 rings (SSSR count). The fraction of sp³-hybridized carbons (Fsp3) is 0.786. The van der Waals surface area contributed by atoms with Crippen molar-refractivity contribution in [3.63, 3.8) is 0 Å². The summed E-state index contributed by atoms with van der Waals surface area (Å²) in [5, 5.41) is 3.39. The van der Waals surface area contributed by atoms with Gasteiger partial charge >= 0.3 is 0 Å². The molecule has 2 fully saturated rings. The van der Waals surface area contributed by atoms with Gasteiger partial charge in [0.15, 0.2) is 0 Å². The van der Waals surface area contributed by atoms with E-state index in [2.05, 4.69) is 21.8 Å². The van der Waals surface area contributed by atoms with Crippen LogP contribution in [-0.2, 0) is 11.3 Å². The molecule has 2 heterocycles. The highest BCUT2D eigenvalue weighted by Gasteiger charge is 2.30. The third-order valence-corrected chi connectivity index (χ3v) is 4.36. The summed E-state index contributed by atoms with van der Waals surface area (Å²) < 4.78 is 8.15.